The van der Waals surface area contributed by atoms with Crippen LogP contribution in [-0.2, 0) is 4.79 Å². The molecule has 0 atom stereocenters. The van der Waals surface area contributed by atoms with Crippen LogP contribution in [0.5, 0.6) is 5.75 Å². The largest absolute Gasteiger partial charge is 0.492 e. The monoisotopic (exact) mass is 345 g/mol. The number of carbonyl (C=O) groups is 1. The topological polar surface area (TPSA) is 29.5 Å². The van der Waals surface area contributed by atoms with Gasteiger partial charge in [0.1, 0.15) is 11.6 Å². The number of carbonyl (C=O) groups excluding carboxylic acids is 1. The van der Waals surface area contributed by atoms with Gasteiger partial charge in [-0.25, -0.2) is 0 Å². The third-order valence-corrected chi connectivity index (χ3v) is 6.43. The third kappa shape index (κ3) is 4.24. The second-order valence-corrected chi connectivity index (χ2v) is 7.85. The number of benzene rings is 1. The van der Waals surface area contributed by atoms with E-state index in [-0.39, 0.29) is 11.8 Å². The van der Waals surface area contributed by atoms with E-state index in [0.717, 1.165) is 28.5 Å². The number of para-hydroxylation sites is 1. The highest BCUT2D eigenvalue weighted by molar-refractivity contribution is 8.20. The number of nitrogens with zero attached hydrogens (tertiary/aromatic N) is 1. The minimum absolute atomic E-state index is 0.0120. The Morgan fingerprint density at radius 1 is 1.43 bits per heavy atom. The lowest BCUT2D eigenvalue weighted by Gasteiger charge is -2.28. The van der Waals surface area contributed by atoms with E-state index in [0.29, 0.717) is 17.7 Å². The first-order valence-electron chi connectivity index (χ1n) is 6.99. The number of ether oxygens (including phenoxy) is 1. The van der Waals surface area contributed by atoms with E-state index < -0.39 is 0 Å². The molecule has 0 saturated carbocycles. The van der Waals surface area contributed by atoms with Crippen molar-refractivity contribution in [2.45, 2.75) is 18.4 Å². The van der Waals surface area contributed by atoms with Crippen molar-refractivity contribution in [3.8, 4) is 5.75 Å². The van der Waals surface area contributed by atoms with E-state index in [1.807, 2.05) is 55.6 Å². The summed E-state index contributed by atoms with van der Waals surface area (Å²) in [6.45, 7) is 5.20. The molecule has 1 heterocycles. The average molecular weight is 346 g/mol. The lowest BCUT2D eigenvalue weighted by molar-refractivity contribution is -0.116. The van der Waals surface area contributed by atoms with Gasteiger partial charge in [0.25, 0.3) is 0 Å². The van der Waals surface area contributed by atoms with Crippen molar-refractivity contribution in [2.24, 2.45) is 0 Å². The van der Waals surface area contributed by atoms with Gasteiger partial charge in [-0.05, 0) is 25.5 Å². The molecule has 2 rings (SSSR count). The van der Waals surface area contributed by atoms with Gasteiger partial charge in [0, 0.05) is 18.1 Å². The van der Waals surface area contributed by atoms with E-state index in [1.54, 1.807) is 4.90 Å². The maximum atomic E-state index is 12.3. The Morgan fingerprint density at radius 3 is 2.76 bits per heavy atom. The van der Waals surface area contributed by atoms with Gasteiger partial charge in [0.05, 0.1) is 16.9 Å². The summed E-state index contributed by atoms with van der Waals surface area (Å²) in [5.41, 5.74) is 1.89. The molecule has 0 unspecified atom stereocenters. The number of aryl methyl sites for hydroxylation is 1. The van der Waals surface area contributed by atoms with E-state index in [4.69, 9.17) is 16.3 Å². The normalized spacial score (nSPS) is 15.2. The van der Waals surface area contributed by atoms with Gasteiger partial charge < -0.3 is 9.64 Å². The van der Waals surface area contributed by atoms with Crippen LogP contribution < -0.4 is 9.64 Å². The van der Waals surface area contributed by atoms with E-state index in [9.17, 15) is 4.79 Å². The van der Waals surface area contributed by atoms with Gasteiger partial charge in [-0.3, -0.25) is 4.79 Å². The minimum atomic E-state index is -0.0694. The SMILES string of the molecule is CCOc1cccc(C)c1N(CC1SCCS1)C(=O)CCl. The molecule has 0 spiro atoms. The van der Waals surface area contributed by atoms with Crippen molar-refractivity contribution in [2.75, 3.05) is 35.4 Å². The summed E-state index contributed by atoms with van der Waals surface area (Å²) >= 11 is 9.63. The smallest absolute Gasteiger partial charge is 0.242 e. The van der Waals surface area contributed by atoms with Gasteiger partial charge in [-0.1, -0.05) is 12.1 Å². The molecule has 1 aliphatic heterocycles. The molecule has 1 aromatic carbocycles. The standard InChI is InChI=1S/C15H20ClNO2S2/c1-3-19-12-6-4-5-11(2)15(12)17(13(18)9-16)10-14-20-7-8-21-14/h4-6,14H,3,7-10H2,1-2H3. The Morgan fingerprint density at radius 2 is 2.14 bits per heavy atom. The molecule has 1 fully saturated rings. The van der Waals surface area contributed by atoms with Crippen LogP contribution in [0.15, 0.2) is 18.2 Å². The molecule has 3 nitrogen and oxygen atoms in total. The number of hydrogen-bond acceptors (Lipinski definition) is 4. The zero-order chi connectivity index (χ0) is 15.2. The molecule has 6 heteroatoms. The van der Waals surface area contributed by atoms with Crippen molar-refractivity contribution >= 4 is 46.7 Å². The van der Waals surface area contributed by atoms with Crippen LogP contribution in [0.25, 0.3) is 0 Å². The summed E-state index contributed by atoms with van der Waals surface area (Å²) in [5.74, 6) is 2.96. The lowest BCUT2D eigenvalue weighted by Crippen LogP contribution is -2.37. The van der Waals surface area contributed by atoms with Gasteiger partial charge in [-0.2, -0.15) is 0 Å². The summed E-state index contributed by atoms with van der Waals surface area (Å²) in [6, 6.07) is 5.86. The molecular weight excluding hydrogens is 326 g/mol. The van der Waals surface area contributed by atoms with Crippen LogP contribution in [-0.4, -0.2) is 41.0 Å². The van der Waals surface area contributed by atoms with Gasteiger partial charge in [0.2, 0.25) is 5.91 Å². The quantitative estimate of drug-likeness (QED) is 0.734. The van der Waals surface area contributed by atoms with Gasteiger partial charge in [-0.15, -0.1) is 35.1 Å². The fourth-order valence-corrected chi connectivity index (χ4v) is 5.21. The summed E-state index contributed by atoms with van der Waals surface area (Å²) in [7, 11) is 0. The lowest BCUT2D eigenvalue weighted by atomic mass is 10.1. The van der Waals surface area contributed by atoms with E-state index in [1.165, 1.54) is 0 Å². The third-order valence-electron chi connectivity index (χ3n) is 3.21. The zero-order valence-corrected chi connectivity index (χ0v) is 14.7. The Labute approximate surface area is 139 Å². The molecule has 21 heavy (non-hydrogen) atoms. The van der Waals surface area contributed by atoms with Crippen LogP contribution in [0.2, 0.25) is 0 Å². The fraction of sp³-hybridized carbons (Fsp3) is 0.533. The predicted octanol–water partition coefficient (Wildman–Crippen LogP) is 3.77. The van der Waals surface area contributed by atoms with Gasteiger partial charge >= 0.3 is 0 Å². The maximum absolute atomic E-state index is 12.3. The molecule has 1 amide bonds. The molecule has 0 radical (unpaired) electrons. The molecule has 1 saturated heterocycles. The molecule has 0 aliphatic carbocycles. The molecule has 1 aromatic rings. The number of hydrogen-bond donors (Lipinski definition) is 0. The molecule has 0 N–H and O–H groups in total. The summed E-state index contributed by atoms with van der Waals surface area (Å²) in [6.07, 6.45) is 0. The first kappa shape index (κ1) is 16.8. The molecule has 1 aliphatic rings. The van der Waals surface area contributed by atoms with Crippen molar-refractivity contribution in [1.82, 2.24) is 0 Å². The van der Waals surface area contributed by atoms with Crippen LogP contribution >= 0.6 is 35.1 Å². The van der Waals surface area contributed by atoms with Gasteiger partial charge in [0.15, 0.2) is 0 Å². The summed E-state index contributed by atoms with van der Waals surface area (Å²) in [5, 5.41) is 0. The highest BCUT2D eigenvalue weighted by Crippen LogP contribution is 2.37. The average Bonchev–Trinajstić information content (AvgIpc) is 2.98. The second-order valence-electron chi connectivity index (χ2n) is 4.66. The summed E-state index contributed by atoms with van der Waals surface area (Å²) in [4.78, 5) is 14.1. The van der Waals surface area contributed by atoms with Crippen LogP contribution in [0.3, 0.4) is 0 Å². The molecular formula is C15H20ClNO2S2. The highest BCUT2D eigenvalue weighted by atomic mass is 35.5. The maximum Gasteiger partial charge on any atom is 0.242 e. The molecule has 116 valence electrons. The highest BCUT2D eigenvalue weighted by Gasteiger charge is 2.26. The zero-order valence-electron chi connectivity index (χ0n) is 12.3. The Balaban J connectivity index is 2.32. The van der Waals surface area contributed by atoms with Crippen LogP contribution in [0, 0.1) is 6.92 Å². The van der Waals surface area contributed by atoms with Crippen molar-refractivity contribution in [3.63, 3.8) is 0 Å². The van der Waals surface area contributed by atoms with E-state index >= 15 is 0 Å². The second kappa shape index (κ2) is 8.20. The Kier molecular flexibility index (Phi) is 6.58. The first-order valence-corrected chi connectivity index (χ1v) is 9.62. The molecule has 0 aromatic heterocycles. The van der Waals surface area contributed by atoms with Crippen molar-refractivity contribution < 1.29 is 9.53 Å². The minimum Gasteiger partial charge on any atom is -0.492 e. The summed E-state index contributed by atoms with van der Waals surface area (Å²) < 4.78 is 6.12. The Bertz CT molecular complexity index is 493. The number of thioether (sulfide) groups is 2. The Hall–Kier alpha value is -0.520. The number of anilines is 1. The number of amides is 1. The van der Waals surface area contributed by atoms with Crippen LogP contribution in [0.4, 0.5) is 5.69 Å². The van der Waals surface area contributed by atoms with Crippen molar-refractivity contribution in [3.05, 3.63) is 23.8 Å². The number of halogens is 1. The fourth-order valence-electron chi connectivity index (χ4n) is 2.30. The van der Waals surface area contributed by atoms with Crippen molar-refractivity contribution in [1.29, 1.82) is 0 Å². The van der Waals surface area contributed by atoms with Crippen LogP contribution in [0.1, 0.15) is 12.5 Å². The number of rotatable bonds is 6. The molecule has 0 bridgehead atoms. The number of alkyl halides is 1. The predicted molar refractivity (Wildman–Crippen MR) is 94.1 cm³/mol. The first-order chi connectivity index (χ1) is 10.2. The van der Waals surface area contributed by atoms with E-state index in [2.05, 4.69) is 0 Å².